The average molecular weight is 294 g/mol. The Balaban J connectivity index is 1.60. The second kappa shape index (κ2) is 4.97. The molecule has 1 heterocycles. The number of hydrogen-bond donors (Lipinski definition) is 1. The molecule has 0 unspecified atom stereocenters. The Labute approximate surface area is 126 Å². The van der Waals surface area contributed by atoms with E-state index in [1.165, 1.54) is 17.5 Å². The zero-order valence-corrected chi connectivity index (χ0v) is 12.2. The van der Waals surface area contributed by atoms with Crippen molar-refractivity contribution in [3.8, 4) is 0 Å². The number of amides is 1. The van der Waals surface area contributed by atoms with Gasteiger partial charge >= 0.3 is 0 Å². The summed E-state index contributed by atoms with van der Waals surface area (Å²) in [5, 5.41) is 2.99. The minimum absolute atomic E-state index is 0.0664. The summed E-state index contributed by atoms with van der Waals surface area (Å²) in [6, 6.07) is 11.8. The molecule has 0 bridgehead atoms. The van der Waals surface area contributed by atoms with E-state index in [0.29, 0.717) is 5.56 Å². The first-order chi connectivity index (χ1) is 10.3. The van der Waals surface area contributed by atoms with Crippen molar-refractivity contribution in [2.45, 2.75) is 19.3 Å². The van der Waals surface area contributed by atoms with Crippen LogP contribution < -0.4 is 5.32 Å². The van der Waals surface area contributed by atoms with Gasteiger partial charge in [0.1, 0.15) is 0 Å². The van der Waals surface area contributed by atoms with E-state index >= 15 is 0 Å². The van der Waals surface area contributed by atoms with Crippen molar-refractivity contribution >= 4 is 33.1 Å². The van der Waals surface area contributed by atoms with Gasteiger partial charge < -0.3 is 5.32 Å². The van der Waals surface area contributed by atoms with Crippen LogP contribution >= 0.6 is 11.3 Å². The molecule has 1 amide bonds. The van der Waals surface area contributed by atoms with Crippen molar-refractivity contribution in [1.29, 1.82) is 0 Å². The second-order valence-electron chi connectivity index (χ2n) is 5.33. The quantitative estimate of drug-likeness (QED) is 0.775. The van der Waals surface area contributed by atoms with Crippen LogP contribution in [0.2, 0.25) is 0 Å². The summed E-state index contributed by atoms with van der Waals surface area (Å²) < 4.78 is 1.04. The van der Waals surface area contributed by atoms with E-state index in [1.54, 1.807) is 16.8 Å². The molecule has 0 spiro atoms. The van der Waals surface area contributed by atoms with Crippen molar-refractivity contribution in [2.24, 2.45) is 0 Å². The van der Waals surface area contributed by atoms with E-state index in [9.17, 15) is 4.79 Å². The zero-order chi connectivity index (χ0) is 14.2. The van der Waals surface area contributed by atoms with E-state index in [4.69, 9.17) is 0 Å². The highest BCUT2D eigenvalue weighted by Crippen LogP contribution is 2.25. The summed E-state index contributed by atoms with van der Waals surface area (Å²) in [7, 11) is 0. The van der Waals surface area contributed by atoms with Crippen molar-refractivity contribution in [3.63, 3.8) is 0 Å². The summed E-state index contributed by atoms with van der Waals surface area (Å²) >= 11 is 1.55. The fourth-order valence-electron chi connectivity index (χ4n) is 2.85. The third kappa shape index (κ3) is 2.32. The van der Waals surface area contributed by atoms with Crippen molar-refractivity contribution in [2.75, 3.05) is 5.32 Å². The summed E-state index contributed by atoms with van der Waals surface area (Å²) in [5.41, 5.74) is 7.07. The first kappa shape index (κ1) is 12.5. The fourth-order valence-corrected chi connectivity index (χ4v) is 3.57. The molecule has 0 saturated heterocycles. The topological polar surface area (TPSA) is 42.0 Å². The molecular formula is C17H14N2OS. The number of anilines is 1. The highest BCUT2D eigenvalue weighted by atomic mass is 32.1. The van der Waals surface area contributed by atoms with Gasteiger partial charge in [-0.05, 0) is 60.7 Å². The number of hydrogen-bond acceptors (Lipinski definition) is 3. The summed E-state index contributed by atoms with van der Waals surface area (Å²) in [6.45, 7) is 0. The molecule has 3 aromatic rings. The molecule has 0 radical (unpaired) electrons. The normalized spacial score (nSPS) is 13.3. The molecule has 0 fully saturated rings. The van der Waals surface area contributed by atoms with Crippen LogP contribution in [0.5, 0.6) is 0 Å². The maximum Gasteiger partial charge on any atom is 0.255 e. The van der Waals surface area contributed by atoms with Gasteiger partial charge in [-0.1, -0.05) is 6.07 Å². The van der Waals surface area contributed by atoms with Crippen LogP contribution in [0, 0.1) is 0 Å². The van der Waals surface area contributed by atoms with Crippen molar-refractivity contribution in [1.82, 2.24) is 4.98 Å². The number of thiazole rings is 1. The Morgan fingerprint density at radius 3 is 2.95 bits per heavy atom. The van der Waals surface area contributed by atoms with E-state index in [0.717, 1.165) is 28.7 Å². The van der Waals surface area contributed by atoms with Gasteiger partial charge in [-0.15, -0.1) is 11.3 Å². The van der Waals surface area contributed by atoms with E-state index in [2.05, 4.69) is 22.4 Å². The van der Waals surface area contributed by atoms with E-state index < -0.39 is 0 Å². The van der Waals surface area contributed by atoms with Gasteiger partial charge in [0, 0.05) is 11.3 Å². The second-order valence-corrected chi connectivity index (χ2v) is 6.21. The SMILES string of the molecule is O=C(Nc1ccc2c(c1)CCC2)c1ccc2ncsc2c1. The van der Waals surface area contributed by atoms with E-state index in [-0.39, 0.29) is 5.91 Å². The van der Waals surface area contributed by atoms with Crippen LogP contribution in [-0.4, -0.2) is 10.9 Å². The third-order valence-corrected chi connectivity index (χ3v) is 4.74. The van der Waals surface area contributed by atoms with Crippen LogP contribution in [0.4, 0.5) is 5.69 Å². The van der Waals surface area contributed by atoms with Gasteiger partial charge in [-0.3, -0.25) is 4.79 Å². The van der Waals surface area contributed by atoms with Crippen LogP contribution in [0.1, 0.15) is 27.9 Å². The maximum atomic E-state index is 12.4. The number of fused-ring (bicyclic) bond motifs is 2. The van der Waals surface area contributed by atoms with Gasteiger partial charge in [0.25, 0.3) is 5.91 Å². The minimum Gasteiger partial charge on any atom is -0.322 e. The summed E-state index contributed by atoms with van der Waals surface area (Å²) in [6.07, 6.45) is 3.49. The fraction of sp³-hybridized carbons (Fsp3) is 0.176. The highest BCUT2D eigenvalue weighted by molar-refractivity contribution is 7.16. The Morgan fingerprint density at radius 1 is 1.10 bits per heavy atom. The molecular weight excluding hydrogens is 280 g/mol. The molecule has 21 heavy (non-hydrogen) atoms. The molecule has 4 heteroatoms. The van der Waals surface area contributed by atoms with Crippen LogP contribution in [0.3, 0.4) is 0 Å². The molecule has 1 aliphatic rings. The third-order valence-electron chi connectivity index (χ3n) is 3.95. The number of nitrogens with zero attached hydrogens (tertiary/aromatic N) is 1. The van der Waals surface area contributed by atoms with Crippen molar-refractivity contribution < 1.29 is 4.79 Å². The molecule has 0 saturated carbocycles. The number of carbonyl (C=O) groups excluding carboxylic acids is 1. The zero-order valence-electron chi connectivity index (χ0n) is 11.4. The van der Waals surface area contributed by atoms with Gasteiger partial charge in [-0.2, -0.15) is 0 Å². The Morgan fingerprint density at radius 2 is 2.00 bits per heavy atom. The Hall–Kier alpha value is -2.20. The van der Waals surface area contributed by atoms with Crippen LogP contribution in [0.25, 0.3) is 10.2 Å². The number of benzene rings is 2. The number of rotatable bonds is 2. The molecule has 1 aromatic heterocycles. The van der Waals surface area contributed by atoms with Crippen molar-refractivity contribution in [3.05, 3.63) is 58.6 Å². The number of aromatic nitrogens is 1. The predicted octanol–water partition coefficient (Wildman–Crippen LogP) is 4.04. The molecule has 0 atom stereocenters. The molecule has 1 N–H and O–H groups in total. The van der Waals surface area contributed by atoms with Gasteiger partial charge in [0.15, 0.2) is 0 Å². The standard InChI is InChI=1S/C17H14N2OS/c20-17(13-5-7-15-16(9-13)21-10-18-15)19-14-6-4-11-2-1-3-12(11)8-14/h4-10H,1-3H2,(H,19,20). The lowest BCUT2D eigenvalue weighted by atomic mass is 10.1. The maximum absolute atomic E-state index is 12.4. The number of aryl methyl sites for hydroxylation is 2. The van der Waals surface area contributed by atoms with E-state index in [1.807, 2.05) is 24.3 Å². The first-order valence-corrected chi connectivity index (χ1v) is 7.94. The van der Waals surface area contributed by atoms with Gasteiger partial charge in [-0.25, -0.2) is 4.98 Å². The smallest absolute Gasteiger partial charge is 0.255 e. The highest BCUT2D eigenvalue weighted by Gasteiger charge is 2.13. The number of carbonyl (C=O) groups is 1. The van der Waals surface area contributed by atoms with Crippen LogP contribution in [-0.2, 0) is 12.8 Å². The Bertz CT molecular complexity index is 838. The van der Waals surface area contributed by atoms with Gasteiger partial charge in [0.05, 0.1) is 15.7 Å². The predicted molar refractivity (Wildman–Crippen MR) is 86.0 cm³/mol. The summed E-state index contributed by atoms with van der Waals surface area (Å²) in [4.78, 5) is 16.6. The van der Waals surface area contributed by atoms with Gasteiger partial charge in [0.2, 0.25) is 0 Å². The molecule has 2 aromatic carbocycles. The molecule has 4 rings (SSSR count). The first-order valence-electron chi connectivity index (χ1n) is 7.06. The monoisotopic (exact) mass is 294 g/mol. The number of nitrogens with one attached hydrogen (secondary N) is 1. The molecule has 0 aliphatic heterocycles. The minimum atomic E-state index is -0.0664. The summed E-state index contributed by atoms with van der Waals surface area (Å²) in [5.74, 6) is -0.0664. The lowest BCUT2D eigenvalue weighted by Crippen LogP contribution is -2.11. The largest absolute Gasteiger partial charge is 0.322 e. The molecule has 3 nitrogen and oxygen atoms in total. The van der Waals surface area contributed by atoms with Crippen LogP contribution in [0.15, 0.2) is 41.9 Å². The molecule has 104 valence electrons. The lowest BCUT2D eigenvalue weighted by molar-refractivity contribution is 0.102. The molecule has 1 aliphatic carbocycles. The lowest BCUT2D eigenvalue weighted by Gasteiger charge is -2.07. The Kier molecular flexibility index (Phi) is 2.97. The average Bonchev–Trinajstić information content (AvgIpc) is 3.14.